The van der Waals surface area contributed by atoms with Crippen LogP contribution in [0.3, 0.4) is 0 Å². The second-order valence-electron chi connectivity index (χ2n) is 6.47. The van der Waals surface area contributed by atoms with Crippen LogP contribution in [-0.4, -0.2) is 43.2 Å². The Labute approximate surface area is 126 Å². The summed E-state index contributed by atoms with van der Waals surface area (Å²) >= 11 is 0. The summed E-state index contributed by atoms with van der Waals surface area (Å²) in [6, 6.07) is 3.80. The van der Waals surface area contributed by atoms with Gasteiger partial charge in [0, 0.05) is 18.8 Å². The van der Waals surface area contributed by atoms with Crippen molar-refractivity contribution in [2.24, 2.45) is 0 Å². The summed E-state index contributed by atoms with van der Waals surface area (Å²) in [5, 5.41) is 8.86. The van der Waals surface area contributed by atoms with Crippen molar-refractivity contribution in [2.45, 2.75) is 51.1 Å². The maximum Gasteiger partial charge on any atom is 0.463 e. The SMILES string of the molecule is CC1(C)OB(C(COCCO)Cc2ccco2)OC1(C)C. The summed E-state index contributed by atoms with van der Waals surface area (Å²) in [6.45, 7) is 8.91. The van der Waals surface area contributed by atoms with E-state index in [0.717, 1.165) is 5.76 Å². The smallest absolute Gasteiger partial charge is 0.463 e. The van der Waals surface area contributed by atoms with Gasteiger partial charge in [0.2, 0.25) is 0 Å². The Morgan fingerprint density at radius 3 is 2.43 bits per heavy atom. The molecule has 1 fully saturated rings. The molecule has 21 heavy (non-hydrogen) atoms. The van der Waals surface area contributed by atoms with Crippen LogP contribution in [0.15, 0.2) is 22.8 Å². The van der Waals surface area contributed by atoms with Gasteiger partial charge in [-0.2, -0.15) is 0 Å². The normalized spacial score (nSPS) is 21.7. The first-order valence-corrected chi connectivity index (χ1v) is 7.42. The lowest BCUT2D eigenvalue weighted by atomic mass is 9.70. The van der Waals surface area contributed by atoms with Crippen LogP contribution in [0, 0.1) is 0 Å². The lowest BCUT2D eigenvalue weighted by Gasteiger charge is -2.32. The predicted molar refractivity (Wildman–Crippen MR) is 80.1 cm³/mol. The zero-order valence-corrected chi connectivity index (χ0v) is 13.3. The van der Waals surface area contributed by atoms with Crippen LogP contribution in [0.4, 0.5) is 0 Å². The molecule has 1 N–H and O–H groups in total. The highest BCUT2D eigenvalue weighted by Crippen LogP contribution is 2.40. The average Bonchev–Trinajstić information content (AvgIpc) is 2.95. The van der Waals surface area contributed by atoms with Gasteiger partial charge in [0.25, 0.3) is 0 Å². The van der Waals surface area contributed by atoms with Gasteiger partial charge < -0.3 is 23.6 Å². The molecule has 5 nitrogen and oxygen atoms in total. The van der Waals surface area contributed by atoms with Crippen LogP contribution in [0.5, 0.6) is 0 Å². The van der Waals surface area contributed by atoms with E-state index in [9.17, 15) is 0 Å². The van der Waals surface area contributed by atoms with Crippen molar-refractivity contribution in [3.05, 3.63) is 24.2 Å². The Hall–Kier alpha value is -0.815. The zero-order chi connectivity index (χ0) is 15.5. The van der Waals surface area contributed by atoms with Crippen LogP contribution < -0.4 is 0 Å². The third-order valence-electron chi connectivity index (χ3n) is 4.27. The molecular formula is C15H25BO5. The summed E-state index contributed by atoms with van der Waals surface area (Å²) in [5.41, 5.74) is -0.730. The molecule has 0 saturated carbocycles. The summed E-state index contributed by atoms with van der Waals surface area (Å²) < 4.78 is 23.1. The molecule has 1 atom stereocenters. The number of rotatable bonds is 7. The number of aliphatic hydroxyl groups excluding tert-OH is 1. The van der Waals surface area contributed by atoms with E-state index in [1.807, 2.05) is 39.8 Å². The monoisotopic (exact) mass is 296 g/mol. The third kappa shape index (κ3) is 3.89. The molecule has 1 unspecified atom stereocenters. The van der Waals surface area contributed by atoms with E-state index < -0.39 is 0 Å². The van der Waals surface area contributed by atoms with E-state index in [1.165, 1.54) is 0 Å². The first-order valence-electron chi connectivity index (χ1n) is 7.42. The minimum absolute atomic E-state index is 0.0108. The highest BCUT2D eigenvalue weighted by atomic mass is 16.7. The molecule has 0 bridgehead atoms. The molecule has 0 aliphatic carbocycles. The van der Waals surface area contributed by atoms with Crippen molar-refractivity contribution in [1.82, 2.24) is 0 Å². The number of furan rings is 1. The molecule has 1 aliphatic heterocycles. The molecular weight excluding hydrogens is 271 g/mol. The maximum atomic E-state index is 8.86. The van der Waals surface area contributed by atoms with Gasteiger partial charge >= 0.3 is 7.12 Å². The van der Waals surface area contributed by atoms with Crippen LogP contribution >= 0.6 is 0 Å². The fourth-order valence-corrected chi connectivity index (χ4v) is 2.30. The molecule has 1 saturated heterocycles. The lowest BCUT2D eigenvalue weighted by Crippen LogP contribution is -2.41. The van der Waals surface area contributed by atoms with Gasteiger partial charge in [0.15, 0.2) is 0 Å². The van der Waals surface area contributed by atoms with Crippen molar-refractivity contribution in [1.29, 1.82) is 0 Å². The van der Waals surface area contributed by atoms with Crippen LogP contribution in [0.25, 0.3) is 0 Å². The minimum Gasteiger partial charge on any atom is -0.469 e. The summed E-state index contributed by atoms with van der Waals surface area (Å²) in [4.78, 5) is 0. The topological polar surface area (TPSA) is 61.1 Å². The van der Waals surface area contributed by atoms with Crippen molar-refractivity contribution in [3.63, 3.8) is 0 Å². The summed E-state index contributed by atoms with van der Waals surface area (Å²) in [5.74, 6) is 0.895. The van der Waals surface area contributed by atoms with Gasteiger partial charge in [-0.05, 0) is 39.8 Å². The first-order chi connectivity index (χ1) is 9.86. The lowest BCUT2D eigenvalue weighted by molar-refractivity contribution is 0.00578. The summed E-state index contributed by atoms with van der Waals surface area (Å²) in [6.07, 6.45) is 2.33. The Bertz CT molecular complexity index is 413. The van der Waals surface area contributed by atoms with E-state index >= 15 is 0 Å². The zero-order valence-electron chi connectivity index (χ0n) is 13.3. The second kappa shape index (κ2) is 6.52. The fraction of sp³-hybridized carbons (Fsp3) is 0.733. The van der Waals surface area contributed by atoms with E-state index in [1.54, 1.807) is 6.26 Å². The molecule has 0 radical (unpaired) electrons. The van der Waals surface area contributed by atoms with Crippen LogP contribution in [-0.2, 0) is 20.5 Å². The molecule has 2 heterocycles. The first kappa shape index (κ1) is 16.6. The Morgan fingerprint density at radius 2 is 1.90 bits per heavy atom. The summed E-state index contributed by atoms with van der Waals surface area (Å²) in [7, 11) is -0.348. The van der Waals surface area contributed by atoms with Crippen molar-refractivity contribution >= 4 is 7.12 Å². The van der Waals surface area contributed by atoms with Crippen molar-refractivity contribution in [2.75, 3.05) is 19.8 Å². The average molecular weight is 296 g/mol. The van der Waals surface area contributed by atoms with E-state index in [0.29, 0.717) is 19.6 Å². The molecule has 118 valence electrons. The molecule has 0 spiro atoms. The molecule has 2 rings (SSSR count). The maximum absolute atomic E-state index is 8.86. The number of ether oxygens (including phenoxy) is 1. The van der Waals surface area contributed by atoms with E-state index in [-0.39, 0.29) is 30.7 Å². The number of hydrogen-bond donors (Lipinski definition) is 1. The minimum atomic E-state index is -0.365. The number of aliphatic hydroxyl groups is 1. The molecule has 6 heteroatoms. The van der Waals surface area contributed by atoms with Crippen molar-refractivity contribution < 1.29 is 23.6 Å². The Balaban J connectivity index is 2.05. The van der Waals surface area contributed by atoms with Crippen LogP contribution in [0.1, 0.15) is 33.5 Å². The van der Waals surface area contributed by atoms with Gasteiger partial charge in [0.1, 0.15) is 5.76 Å². The molecule has 0 amide bonds. The number of hydrogen-bond acceptors (Lipinski definition) is 5. The Kier molecular flexibility index (Phi) is 5.14. The van der Waals surface area contributed by atoms with E-state index in [2.05, 4.69) is 0 Å². The molecule has 1 aliphatic rings. The van der Waals surface area contributed by atoms with Gasteiger partial charge in [-0.1, -0.05) is 0 Å². The van der Waals surface area contributed by atoms with E-state index in [4.69, 9.17) is 23.6 Å². The van der Waals surface area contributed by atoms with Gasteiger partial charge in [-0.25, -0.2) is 0 Å². The Morgan fingerprint density at radius 1 is 1.24 bits per heavy atom. The van der Waals surface area contributed by atoms with Gasteiger partial charge in [-0.3, -0.25) is 0 Å². The molecule has 1 aromatic rings. The van der Waals surface area contributed by atoms with Gasteiger partial charge in [0.05, 0.1) is 30.7 Å². The highest BCUT2D eigenvalue weighted by Gasteiger charge is 2.53. The quantitative estimate of drug-likeness (QED) is 0.618. The van der Waals surface area contributed by atoms with Crippen LogP contribution in [0.2, 0.25) is 5.82 Å². The molecule has 0 aromatic carbocycles. The second-order valence-corrected chi connectivity index (χ2v) is 6.47. The standard InChI is InChI=1S/C15H25BO5/c1-14(2)15(3,4)21-16(20-14)12(11-18-9-7-17)10-13-6-5-8-19-13/h5-6,8,12,17H,7,9-11H2,1-4H3. The third-order valence-corrected chi connectivity index (χ3v) is 4.27. The molecule has 1 aromatic heterocycles. The predicted octanol–water partition coefficient (Wildman–Crippen LogP) is 2.29. The largest absolute Gasteiger partial charge is 0.469 e. The fourth-order valence-electron chi connectivity index (χ4n) is 2.30. The highest BCUT2D eigenvalue weighted by molar-refractivity contribution is 6.47. The van der Waals surface area contributed by atoms with Crippen molar-refractivity contribution in [3.8, 4) is 0 Å². The van der Waals surface area contributed by atoms with Gasteiger partial charge in [-0.15, -0.1) is 0 Å².